The zero-order chi connectivity index (χ0) is 11.8. The summed E-state index contributed by atoms with van der Waals surface area (Å²) in [6, 6.07) is 5.13. The van der Waals surface area contributed by atoms with Crippen molar-refractivity contribution in [3.8, 4) is 0 Å². The molecule has 5 heteroatoms. The third-order valence-corrected chi connectivity index (χ3v) is 2.26. The smallest absolute Gasteiger partial charge is 0.269 e. The minimum atomic E-state index is -4.32. The molecule has 0 saturated carbocycles. The minimum Gasteiger partial charge on any atom is -0.269 e. The van der Waals surface area contributed by atoms with Crippen molar-refractivity contribution >= 4 is 5.70 Å². The first-order chi connectivity index (χ1) is 7.47. The fraction of sp³-hybridized carbons (Fsp3) is 0.273. The van der Waals surface area contributed by atoms with Gasteiger partial charge < -0.3 is 0 Å². The largest absolute Gasteiger partial charge is 0.416 e. The average Bonchev–Trinajstić information content (AvgIpc) is 2.64. The van der Waals surface area contributed by atoms with Gasteiger partial charge >= 0.3 is 6.18 Å². The molecule has 0 saturated heterocycles. The van der Waals surface area contributed by atoms with E-state index in [1.165, 1.54) is 6.07 Å². The molecule has 0 bridgehead atoms. The molecule has 1 aliphatic heterocycles. The summed E-state index contributed by atoms with van der Waals surface area (Å²) in [4.78, 5) is 5.02. The lowest BCUT2D eigenvalue weighted by molar-refractivity contribution is -0.137. The zero-order valence-corrected chi connectivity index (χ0v) is 8.51. The van der Waals surface area contributed by atoms with Gasteiger partial charge in [0.2, 0.25) is 0 Å². The Morgan fingerprint density at radius 3 is 2.62 bits per heavy atom. The molecule has 0 aliphatic carbocycles. The van der Waals surface area contributed by atoms with E-state index in [1.807, 2.05) is 0 Å². The lowest BCUT2D eigenvalue weighted by Gasteiger charge is -2.09. The normalized spacial score (nSPS) is 20.5. The maximum Gasteiger partial charge on any atom is 0.416 e. The zero-order valence-electron chi connectivity index (χ0n) is 8.51. The van der Waals surface area contributed by atoms with Crippen molar-refractivity contribution in [2.45, 2.75) is 19.2 Å². The van der Waals surface area contributed by atoms with Crippen LogP contribution in [0.5, 0.6) is 0 Å². The van der Waals surface area contributed by atoms with Crippen LogP contribution >= 0.6 is 0 Å². The maximum atomic E-state index is 12.5. The Labute approximate surface area is 90.7 Å². The van der Waals surface area contributed by atoms with E-state index in [4.69, 9.17) is 4.84 Å². The van der Waals surface area contributed by atoms with Crippen LogP contribution in [0, 0.1) is 0 Å². The van der Waals surface area contributed by atoms with E-state index in [0.29, 0.717) is 11.3 Å². The third-order valence-electron chi connectivity index (χ3n) is 2.26. The highest BCUT2D eigenvalue weighted by molar-refractivity contribution is 5.65. The summed E-state index contributed by atoms with van der Waals surface area (Å²) in [5, 5.41) is 0. The van der Waals surface area contributed by atoms with E-state index < -0.39 is 11.7 Å². The van der Waals surface area contributed by atoms with E-state index in [0.717, 1.165) is 12.1 Å². The first-order valence-corrected chi connectivity index (χ1v) is 4.78. The highest BCUT2D eigenvalue weighted by atomic mass is 19.4. The first-order valence-electron chi connectivity index (χ1n) is 4.78. The Morgan fingerprint density at radius 1 is 1.31 bits per heavy atom. The van der Waals surface area contributed by atoms with Gasteiger partial charge in [0.1, 0.15) is 6.10 Å². The molecule has 1 unspecified atom stereocenters. The fourth-order valence-corrected chi connectivity index (χ4v) is 1.48. The molecule has 0 spiro atoms. The summed E-state index contributed by atoms with van der Waals surface area (Å²) in [6.45, 7) is 1.80. The number of hydroxylamine groups is 1. The van der Waals surface area contributed by atoms with Crippen LogP contribution in [0.25, 0.3) is 5.70 Å². The predicted octanol–water partition coefficient (Wildman–Crippen LogP) is 2.97. The summed E-state index contributed by atoms with van der Waals surface area (Å²) >= 11 is 0. The monoisotopic (exact) mass is 229 g/mol. The molecule has 1 aromatic rings. The molecule has 1 aromatic carbocycles. The Hall–Kier alpha value is -1.49. The van der Waals surface area contributed by atoms with Crippen LogP contribution in [0.4, 0.5) is 13.2 Å². The van der Waals surface area contributed by atoms with Crippen LogP contribution in [0.1, 0.15) is 18.1 Å². The Bertz CT molecular complexity index is 425. The molecule has 86 valence electrons. The topological polar surface area (TPSA) is 21.3 Å². The maximum absolute atomic E-state index is 12.5. The molecule has 2 rings (SSSR count). The van der Waals surface area contributed by atoms with Crippen LogP contribution in [0.2, 0.25) is 0 Å². The van der Waals surface area contributed by atoms with Crippen LogP contribution in [-0.4, -0.2) is 6.10 Å². The van der Waals surface area contributed by atoms with Crippen molar-refractivity contribution in [3.63, 3.8) is 0 Å². The fourth-order valence-electron chi connectivity index (χ4n) is 1.48. The minimum absolute atomic E-state index is 0.135. The SMILES string of the molecule is CC1C=C(c2cccc(C(F)(F)F)c2)NO1. The summed E-state index contributed by atoms with van der Waals surface area (Å²) in [5.41, 5.74) is 2.97. The molecule has 16 heavy (non-hydrogen) atoms. The number of nitrogens with one attached hydrogen (secondary N) is 1. The molecular formula is C11H10F3NO. The van der Waals surface area contributed by atoms with E-state index in [-0.39, 0.29) is 6.10 Å². The lowest BCUT2D eigenvalue weighted by atomic mass is 10.1. The molecule has 0 radical (unpaired) electrons. The van der Waals surface area contributed by atoms with Gasteiger partial charge in [-0.1, -0.05) is 12.1 Å². The summed E-state index contributed by atoms with van der Waals surface area (Å²) in [5.74, 6) is 0. The van der Waals surface area contributed by atoms with Gasteiger partial charge in [0, 0.05) is 5.56 Å². The van der Waals surface area contributed by atoms with Crippen molar-refractivity contribution in [1.29, 1.82) is 0 Å². The number of hydrogen-bond acceptors (Lipinski definition) is 2. The highest BCUT2D eigenvalue weighted by Crippen LogP contribution is 2.31. The Kier molecular flexibility index (Phi) is 2.63. The van der Waals surface area contributed by atoms with Crippen molar-refractivity contribution in [2.24, 2.45) is 0 Å². The van der Waals surface area contributed by atoms with Crippen molar-refractivity contribution < 1.29 is 18.0 Å². The molecular weight excluding hydrogens is 219 g/mol. The summed E-state index contributed by atoms with van der Waals surface area (Å²) in [7, 11) is 0. The Balaban J connectivity index is 2.33. The number of halogens is 3. The quantitative estimate of drug-likeness (QED) is 0.799. The van der Waals surface area contributed by atoms with Crippen molar-refractivity contribution in [2.75, 3.05) is 0 Å². The molecule has 0 fully saturated rings. The third kappa shape index (κ3) is 2.19. The first kappa shape index (κ1) is 11.0. The molecule has 0 aromatic heterocycles. The number of rotatable bonds is 1. The van der Waals surface area contributed by atoms with Gasteiger partial charge in [0.15, 0.2) is 0 Å². The van der Waals surface area contributed by atoms with Crippen LogP contribution < -0.4 is 5.48 Å². The molecule has 2 nitrogen and oxygen atoms in total. The molecule has 1 aliphatic rings. The van der Waals surface area contributed by atoms with E-state index in [1.54, 1.807) is 19.1 Å². The second kappa shape index (κ2) is 3.83. The second-order valence-corrected chi connectivity index (χ2v) is 3.58. The van der Waals surface area contributed by atoms with E-state index in [2.05, 4.69) is 5.48 Å². The van der Waals surface area contributed by atoms with Crippen molar-refractivity contribution in [1.82, 2.24) is 5.48 Å². The van der Waals surface area contributed by atoms with E-state index >= 15 is 0 Å². The van der Waals surface area contributed by atoms with Gasteiger partial charge in [-0.05, 0) is 25.1 Å². The molecule has 1 atom stereocenters. The molecule has 1 N–H and O–H groups in total. The number of alkyl halides is 3. The molecule has 1 heterocycles. The van der Waals surface area contributed by atoms with E-state index in [9.17, 15) is 13.2 Å². The predicted molar refractivity (Wildman–Crippen MR) is 53.1 cm³/mol. The summed E-state index contributed by atoms with van der Waals surface area (Å²) < 4.78 is 37.4. The second-order valence-electron chi connectivity index (χ2n) is 3.58. The van der Waals surface area contributed by atoms with Gasteiger partial charge in [0.25, 0.3) is 0 Å². The highest BCUT2D eigenvalue weighted by Gasteiger charge is 2.30. The number of benzene rings is 1. The van der Waals surface area contributed by atoms with Crippen LogP contribution in [-0.2, 0) is 11.0 Å². The van der Waals surface area contributed by atoms with Crippen molar-refractivity contribution in [3.05, 3.63) is 41.5 Å². The van der Waals surface area contributed by atoms with Gasteiger partial charge in [-0.15, -0.1) is 0 Å². The van der Waals surface area contributed by atoms with Crippen LogP contribution in [0.15, 0.2) is 30.3 Å². The average molecular weight is 229 g/mol. The van der Waals surface area contributed by atoms with Gasteiger partial charge in [0.05, 0.1) is 11.3 Å². The number of hydrogen-bond donors (Lipinski definition) is 1. The van der Waals surface area contributed by atoms with Crippen LogP contribution in [0.3, 0.4) is 0 Å². The molecule has 0 amide bonds. The summed E-state index contributed by atoms with van der Waals surface area (Å²) in [6.07, 6.45) is -2.72. The van der Waals surface area contributed by atoms with Gasteiger partial charge in [-0.25, -0.2) is 0 Å². The standard InChI is InChI=1S/C11H10F3NO/c1-7-5-10(15-16-7)8-3-2-4-9(6-8)11(12,13)14/h2-7,15H,1H3. The van der Waals surface area contributed by atoms with Gasteiger partial charge in [-0.2, -0.15) is 13.2 Å². The Morgan fingerprint density at radius 2 is 2.06 bits per heavy atom. The lowest BCUT2D eigenvalue weighted by Crippen LogP contribution is -2.10. The van der Waals surface area contributed by atoms with Gasteiger partial charge in [-0.3, -0.25) is 10.3 Å².